The summed E-state index contributed by atoms with van der Waals surface area (Å²) in [5.74, 6) is 2.01. The van der Waals surface area contributed by atoms with Gasteiger partial charge >= 0.3 is 0 Å². The van der Waals surface area contributed by atoms with Crippen molar-refractivity contribution in [2.75, 3.05) is 13.7 Å². The lowest BCUT2D eigenvalue weighted by molar-refractivity contribution is -0.178. The molecule has 0 aromatic carbocycles. The standard InChI is InChI=1S/C15H27N3O2/c1-10(2)12-9-20-15(19-6)18(12)13(11(3)4)14-16-7-8-17(14)5/h7-8,10-13,15H,9H2,1-6H3/t12-,13?,15-/m0/s1. The van der Waals surface area contributed by atoms with Crippen LogP contribution in [0.1, 0.15) is 39.6 Å². The van der Waals surface area contributed by atoms with Gasteiger partial charge < -0.3 is 14.0 Å². The molecule has 2 heterocycles. The van der Waals surface area contributed by atoms with Gasteiger partial charge in [0.25, 0.3) is 0 Å². The van der Waals surface area contributed by atoms with Crippen molar-refractivity contribution < 1.29 is 9.47 Å². The molecular formula is C15H27N3O2. The van der Waals surface area contributed by atoms with Crippen molar-refractivity contribution in [2.24, 2.45) is 18.9 Å². The number of methoxy groups -OCH3 is 1. The zero-order valence-electron chi connectivity index (χ0n) is 13.4. The Hall–Kier alpha value is -0.910. The Morgan fingerprint density at radius 1 is 1.35 bits per heavy atom. The first kappa shape index (κ1) is 15.5. The summed E-state index contributed by atoms with van der Waals surface area (Å²) >= 11 is 0. The highest BCUT2D eigenvalue weighted by Gasteiger charge is 2.43. The van der Waals surface area contributed by atoms with Crippen molar-refractivity contribution in [1.82, 2.24) is 14.5 Å². The highest BCUT2D eigenvalue weighted by molar-refractivity contribution is 5.03. The number of rotatable bonds is 5. The summed E-state index contributed by atoms with van der Waals surface area (Å²) in [6, 6.07) is 0.541. The number of aryl methyl sites for hydroxylation is 1. The van der Waals surface area contributed by atoms with Crippen molar-refractivity contribution in [1.29, 1.82) is 0 Å². The van der Waals surface area contributed by atoms with Crippen molar-refractivity contribution in [3.8, 4) is 0 Å². The second-order valence-corrected chi connectivity index (χ2v) is 6.22. The van der Waals surface area contributed by atoms with Crippen molar-refractivity contribution in [2.45, 2.75) is 46.2 Å². The van der Waals surface area contributed by atoms with Crippen LogP contribution in [0.3, 0.4) is 0 Å². The van der Waals surface area contributed by atoms with E-state index in [1.165, 1.54) is 0 Å². The first-order valence-corrected chi connectivity index (χ1v) is 7.36. The number of hydrogen-bond acceptors (Lipinski definition) is 4. The second-order valence-electron chi connectivity index (χ2n) is 6.22. The molecule has 1 aromatic heterocycles. The molecule has 0 spiro atoms. The molecule has 5 nitrogen and oxygen atoms in total. The molecule has 5 heteroatoms. The van der Waals surface area contributed by atoms with Crippen LogP contribution in [0.4, 0.5) is 0 Å². The Kier molecular flexibility index (Phi) is 4.83. The highest BCUT2D eigenvalue weighted by atomic mass is 16.7. The Balaban J connectivity index is 2.38. The van der Waals surface area contributed by atoms with Gasteiger partial charge in [-0.2, -0.15) is 0 Å². The van der Waals surface area contributed by atoms with Crippen molar-refractivity contribution >= 4 is 0 Å². The number of imidazole rings is 1. The van der Waals surface area contributed by atoms with E-state index in [1.807, 2.05) is 19.4 Å². The van der Waals surface area contributed by atoms with Crippen molar-refractivity contribution in [3.05, 3.63) is 18.2 Å². The van der Waals surface area contributed by atoms with Gasteiger partial charge in [-0.15, -0.1) is 0 Å². The van der Waals surface area contributed by atoms with Gasteiger partial charge in [-0.25, -0.2) is 9.88 Å². The molecule has 3 atom stereocenters. The predicted octanol–water partition coefficient (Wildman–Crippen LogP) is 2.40. The molecule has 1 aliphatic heterocycles. The van der Waals surface area contributed by atoms with Gasteiger partial charge in [0.05, 0.1) is 12.6 Å². The molecule has 0 bridgehead atoms. The van der Waals surface area contributed by atoms with Gasteiger partial charge in [-0.05, 0) is 11.8 Å². The minimum absolute atomic E-state index is 0.190. The normalized spacial score (nSPS) is 25.8. The van der Waals surface area contributed by atoms with E-state index in [1.54, 1.807) is 7.11 Å². The van der Waals surface area contributed by atoms with Crippen LogP contribution in [-0.2, 0) is 16.5 Å². The number of nitrogens with zero attached hydrogens (tertiary/aromatic N) is 3. The molecule has 1 aromatic rings. The first-order chi connectivity index (χ1) is 9.47. The molecule has 1 fully saturated rings. The van der Waals surface area contributed by atoms with E-state index in [4.69, 9.17) is 9.47 Å². The molecular weight excluding hydrogens is 254 g/mol. The van der Waals surface area contributed by atoms with Crippen LogP contribution in [0.5, 0.6) is 0 Å². The molecule has 1 aliphatic rings. The molecule has 0 N–H and O–H groups in total. The Morgan fingerprint density at radius 2 is 2.05 bits per heavy atom. The average molecular weight is 281 g/mol. The summed E-state index contributed by atoms with van der Waals surface area (Å²) in [5.41, 5.74) is 0. The van der Waals surface area contributed by atoms with Gasteiger partial charge in [0.2, 0.25) is 6.41 Å². The van der Waals surface area contributed by atoms with Gasteiger partial charge in [-0.1, -0.05) is 27.7 Å². The molecule has 1 saturated heterocycles. The van der Waals surface area contributed by atoms with Crippen LogP contribution >= 0.6 is 0 Å². The lowest BCUT2D eigenvalue weighted by Gasteiger charge is -2.38. The third kappa shape index (κ3) is 2.75. The van der Waals surface area contributed by atoms with E-state index in [0.29, 0.717) is 24.5 Å². The lowest BCUT2D eigenvalue weighted by Crippen LogP contribution is -2.45. The number of hydrogen-bond donors (Lipinski definition) is 0. The van der Waals surface area contributed by atoms with Gasteiger partial charge in [0.15, 0.2) is 0 Å². The van der Waals surface area contributed by atoms with E-state index in [9.17, 15) is 0 Å². The van der Waals surface area contributed by atoms with Crippen molar-refractivity contribution in [3.63, 3.8) is 0 Å². The average Bonchev–Trinajstić information content (AvgIpc) is 2.97. The number of ether oxygens (including phenoxy) is 2. The largest absolute Gasteiger partial charge is 0.343 e. The predicted molar refractivity (Wildman–Crippen MR) is 78.0 cm³/mol. The molecule has 0 radical (unpaired) electrons. The van der Waals surface area contributed by atoms with Crippen LogP contribution in [0.25, 0.3) is 0 Å². The summed E-state index contributed by atoms with van der Waals surface area (Å²) < 4.78 is 13.5. The topological polar surface area (TPSA) is 39.5 Å². The Morgan fingerprint density at radius 3 is 2.50 bits per heavy atom. The second kappa shape index (κ2) is 6.24. The van der Waals surface area contributed by atoms with Crippen LogP contribution in [0, 0.1) is 11.8 Å². The lowest BCUT2D eigenvalue weighted by atomic mass is 9.96. The summed E-state index contributed by atoms with van der Waals surface area (Å²) in [5, 5.41) is 0. The van der Waals surface area contributed by atoms with Gasteiger partial charge in [0, 0.05) is 32.6 Å². The fourth-order valence-electron chi connectivity index (χ4n) is 3.01. The summed E-state index contributed by atoms with van der Waals surface area (Å²) in [6.07, 6.45) is 3.56. The maximum Gasteiger partial charge on any atom is 0.219 e. The fraction of sp³-hybridized carbons (Fsp3) is 0.800. The molecule has 114 valence electrons. The SMILES string of the molecule is CO[C@H]1OC[C@@H](C(C)C)N1C(c1nccn1C)C(C)C. The van der Waals surface area contributed by atoms with Gasteiger partial charge in [-0.3, -0.25) is 0 Å². The van der Waals surface area contributed by atoms with Crippen LogP contribution in [-0.4, -0.2) is 40.6 Å². The minimum Gasteiger partial charge on any atom is -0.343 e. The summed E-state index contributed by atoms with van der Waals surface area (Å²) in [4.78, 5) is 6.90. The third-order valence-electron chi connectivity index (χ3n) is 4.08. The summed E-state index contributed by atoms with van der Waals surface area (Å²) in [7, 11) is 3.75. The first-order valence-electron chi connectivity index (χ1n) is 7.36. The highest BCUT2D eigenvalue weighted by Crippen LogP contribution is 2.36. The van der Waals surface area contributed by atoms with Gasteiger partial charge in [0.1, 0.15) is 5.82 Å². The van der Waals surface area contributed by atoms with E-state index in [2.05, 4.69) is 42.1 Å². The quantitative estimate of drug-likeness (QED) is 0.831. The van der Waals surface area contributed by atoms with Crippen LogP contribution < -0.4 is 0 Å². The smallest absolute Gasteiger partial charge is 0.219 e. The molecule has 20 heavy (non-hydrogen) atoms. The van der Waals surface area contributed by atoms with E-state index < -0.39 is 0 Å². The van der Waals surface area contributed by atoms with E-state index in [-0.39, 0.29) is 12.5 Å². The zero-order chi connectivity index (χ0) is 14.9. The number of aromatic nitrogens is 2. The molecule has 1 unspecified atom stereocenters. The van der Waals surface area contributed by atoms with Crippen LogP contribution in [0.15, 0.2) is 12.4 Å². The minimum atomic E-state index is -0.286. The maximum absolute atomic E-state index is 5.82. The van der Waals surface area contributed by atoms with Crippen LogP contribution in [0.2, 0.25) is 0 Å². The fourth-order valence-corrected chi connectivity index (χ4v) is 3.01. The summed E-state index contributed by atoms with van der Waals surface area (Å²) in [6.45, 7) is 9.62. The Labute approximate surface area is 121 Å². The zero-order valence-corrected chi connectivity index (χ0v) is 13.4. The molecule has 0 saturated carbocycles. The molecule has 0 amide bonds. The third-order valence-corrected chi connectivity index (χ3v) is 4.08. The Bertz CT molecular complexity index is 431. The monoisotopic (exact) mass is 281 g/mol. The maximum atomic E-state index is 5.82. The molecule has 2 rings (SSSR count). The van der Waals surface area contributed by atoms with E-state index in [0.717, 1.165) is 5.82 Å². The van der Waals surface area contributed by atoms with E-state index >= 15 is 0 Å². The molecule has 0 aliphatic carbocycles.